The number of hydrogen-bond donors (Lipinski definition) is 2. The summed E-state index contributed by atoms with van der Waals surface area (Å²) in [5, 5.41) is 2.96. The second kappa shape index (κ2) is 6.29. The van der Waals surface area contributed by atoms with Crippen molar-refractivity contribution in [1.82, 2.24) is 20.3 Å². The number of benzene rings is 1. The smallest absolute Gasteiger partial charge is 0.240 e. The third-order valence-electron chi connectivity index (χ3n) is 3.94. The maximum Gasteiger partial charge on any atom is 0.240 e. The summed E-state index contributed by atoms with van der Waals surface area (Å²) in [6, 6.07) is 9.53. The summed E-state index contributed by atoms with van der Waals surface area (Å²) in [4.78, 5) is 18.9. The van der Waals surface area contributed by atoms with Gasteiger partial charge in [-0.15, -0.1) is 0 Å². The fourth-order valence-electron chi connectivity index (χ4n) is 2.61. The molecule has 22 heavy (non-hydrogen) atoms. The summed E-state index contributed by atoms with van der Waals surface area (Å²) in [7, 11) is 2.09. The van der Waals surface area contributed by atoms with E-state index < -0.39 is 0 Å². The molecule has 6 heteroatoms. The van der Waals surface area contributed by atoms with Crippen molar-refractivity contribution in [2.24, 2.45) is 0 Å². The number of amides is 1. The molecule has 1 amide bonds. The number of carbonyl (C=O) groups excluding carboxylic acids is 1. The number of piperazine rings is 1. The first kappa shape index (κ1) is 14.7. The van der Waals surface area contributed by atoms with E-state index in [1.165, 1.54) is 0 Å². The Morgan fingerprint density at radius 1 is 1.23 bits per heavy atom. The summed E-state index contributed by atoms with van der Waals surface area (Å²) >= 11 is 0. The lowest BCUT2D eigenvalue weighted by molar-refractivity contribution is -0.126. The lowest BCUT2D eigenvalue weighted by Crippen LogP contribution is -2.52. The molecule has 1 aromatic heterocycles. The van der Waals surface area contributed by atoms with Crippen LogP contribution < -0.4 is 11.2 Å². The molecule has 0 saturated carbocycles. The zero-order valence-electron chi connectivity index (χ0n) is 12.7. The minimum Gasteiger partial charge on any atom is -0.397 e. The van der Waals surface area contributed by atoms with Crippen molar-refractivity contribution in [3.05, 3.63) is 36.0 Å². The Hall–Kier alpha value is -2.18. The van der Waals surface area contributed by atoms with Crippen LogP contribution in [0.2, 0.25) is 0 Å². The van der Waals surface area contributed by atoms with E-state index in [2.05, 4.69) is 22.4 Å². The molecular formula is C16H21N5O. The summed E-state index contributed by atoms with van der Waals surface area (Å²) < 4.78 is 0. The van der Waals surface area contributed by atoms with Crippen LogP contribution in [-0.2, 0) is 11.2 Å². The van der Waals surface area contributed by atoms with Crippen LogP contribution in [0.1, 0.15) is 5.69 Å². The molecular weight excluding hydrogens is 278 g/mol. The van der Waals surface area contributed by atoms with Crippen molar-refractivity contribution in [2.75, 3.05) is 39.0 Å². The van der Waals surface area contributed by atoms with Crippen LogP contribution in [0, 0.1) is 0 Å². The first-order chi connectivity index (χ1) is 10.6. The number of likely N-dealkylation sites (N-methyl/N-ethyl adjacent to an activating group) is 1. The van der Waals surface area contributed by atoms with E-state index in [-0.39, 0.29) is 12.3 Å². The molecule has 1 saturated heterocycles. The molecule has 3 rings (SSSR count). The number of nitrogen functional groups attached to an aromatic ring is 1. The molecule has 0 spiro atoms. The van der Waals surface area contributed by atoms with E-state index >= 15 is 0 Å². The molecule has 0 unspecified atom stereocenters. The van der Waals surface area contributed by atoms with Gasteiger partial charge in [0.15, 0.2) is 0 Å². The van der Waals surface area contributed by atoms with Gasteiger partial charge < -0.3 is 10.6 Å². The third-order valence-corrected chi connectivity index (χ3v) is 3.94. The van der Waals surface area contributed by atoms with E-state index in [0.29, 0.717) is 5.69 Å². The first-order valence-corrected chi connectivity index (χ1v) is 7.49. The van der Waals surface area contributed by atoms with E-state index in [9.17, 15) is 4.79 Å². The SMILES string of the molecule is CN1CCN(NC(=O)Cc2ccc3cccc(N)c3n2)CC1. The number of hydrazine groups is 1. The number of pyridine rings is 1. The third kappa shape index (κ3) is 3.35. The molecule has 0 aliphatic carbocycles. The number of nitrogens with two attached hydrogens (primary N) is 1. The second-order valence-electron chi connectivity index (χ2n) is 5.72. The molecule has 1 aliphatic heterocycles. The lowest BCUT2D eigenvalue weighted by atomic mass is 10.1. The van der Waals surface area contributed by atoms with E-state index in [0.717, 1.165) is 42.8 Å². The van der Waals surface area contributed by atoms with Crippen molar-refractivity contribution >= 4 is 22.5 Å². The predicted octanol–water partition coefficient (Wildman–Crippen LogP) is 0.638. The number of para-hydroxylation sites is 1. The Kier molecular flexibility index (Phi) is 4.22. The standard InChI is InChI=1S/C16H21N5O/c1-20-7-9-21(10-8-20)19-15(22)11-13-6-5-12-3-2-4-14(17)16(12)18-13/h2-6H,7-11,17H2,1H3,(H,19,22). The Balaban J connectivity index is 1.65. The Morgan fingerprint density at radius 3 is 2.77 bits per heavy atom. The van der Waals surface area contributed by atoms with Gasteiger partial charge in [0.2, 0.25) is 5.91 Å². The van der Waals surface area contributed by atoms with Crippen LogP contribution >= 0.6 is 0 Å². The quantitative estimate of drug-likeness (QED) is 0.814. The fraction of sp³-hybridized carbons (Fsp3) is 0.375. The van der Waals surface area contributed by atoms with Crippen molar-refractivity contribution in [3.63, 3.8) is 0 Å². The molecule has 2 heterocycles. The molecule has 1 aliphatic rings. The van der Waals surface area contributed by atoms with Crippen molar-refractivity contribution in [1.29, 1.82) is 0 Å². The minimum atomic E-state index is -0.0362. The topological polar surface area (TPSA) is 74.5 Å². The fourth-order valence-corrected chi connectivity index (χ4v) is 2.61. The van der Waals surface area contributed by atoms with Gasteiger partial charge in [0.05, 0.1) is 23.3 Å². The highest BCUT2D eigenvalue weighted by molar-refractivity contribution is 5.89. The van der Waals surface area contributed by atoms with Gasteiger partial charge in [-0.3, -0.25) is 15.2 Å². The highest BCUT2D eigenvalue weighted by atomic mass is 16.2. The summed E-state index contributed by atoms with van der Waals surface area (Å²) in [6.45, 7) is 3.62. The maximum atomic E-state index is 12.1. The summed E-state index contributed by atoms with van der Waals surface area (Å²) in [5.41, 5.74) is 11.0. The average molecular weight is 299 g/mol. The molecule has 0 radical (unpaired) electrons. The van der Waals surface area contributed by atoms with Gasteiger partial charge in [-0.05, 0) is 19.2 Å². The van der Waals surface area contributed by atoms with Gasteiger partial charge in [-0.2, -0.15) is 0 Å². The van der Waals surface area contributed by atoms with Gasteiger partial charge in [-0.25, -0.2) is 5.01 Å². The predicted molar refractivity (Wildman–Crippen MR) is 87.1 cm³/mol. The average Bonchev–Trinajstić information content (AvgIpc) is 2.50. The number of fused-ring (bicyclic) bond motifs is 1. The Bertz CT molecular complexity index is 679. The highest BCUT2D eigenvalue weighted by Gasteiger charge is 2.16. The Morgan fingerprint density at radius 2 is 2.00 bits per heavy atom. The largest absolute Gasteiger partial charge is 0.397 e. The van der Waals surface area contributed by atoms with Crippen molar-refractivity contribution in [2.45, 2.75) is 6.42 Å². The molecule has 116 valence electrons. The van der Waals surface area contributed by atoms with Crippen molar-refractivity contribution < 1.29 is 4.79 Å². The van der Waals surface area contributed by atoms with Crippen LogP contribution in [0.5, 0.6) is 0 Å². The van der Waals surface area contributed by atoms with Gasteiger partial charge in [-0.1, -0.05) is 18.2 Å². The Labute approximate surface area is 129 Å². The summed E-state index contributed by atoms with van der Waals surface area (Å²) in [6.07, 6.45) is 0.261. The normalized spacial score (nSPS) is 16.8. The number of hydrogen-bond acceptors (Lipinski definition) is 5. The second-order valence-corrected chi connectivity index (χ2v) is 5.72. The number of nitrogens with one attached hydrogen (secondary N) is 1. The van der Waals surface area contributed by atoms with E-state index in [1.54, 1.807) is 0 Å². The van der Waals surface area contributed by atoms with E-state index in [1.807, 2.05) is 35.3 Å². The number of anilines is 1. The van der Waals surface area contributed by atoms with Gasteiger partial charge in [0.25, 0.3) is 0 Å². The summed E-state index contributed by atoms with van der Waals surface area (Å²) in [5.74, 6) is -0.0362. The van der Waals surface area contributed by atoms with Gasteiger partial charge >= 0.3 is 0 Å². The van der Waals surface area contributed by atoms with Crippen LogP contribution in [0.4, 0.5) is 5.69 Å². The molecule has 0 bridgehead atoms. The van der Waals surface area contributed by atoms with Crippen LogP contribution in [0.3, 0.4) is 0 Å². The molecule has 3 N–H and O–H groups in total. The molecule has 1 aromatic carbocycles. The van der Waals surface area contributed by atoms with E-state index in [4.69, 9.17) is 5.73 Å². The van der Waals surface area contributed by atoms with Crippen LogP contribution in [-0.4, -0.2) is 54.0 Å². The molecule has 0 atom stereocenters. The number of nitrogens with zero attached hydrogens (tertiary/aromatic N) is 3. The molecule has 1 fully saturated rings. The zero-order chi connectivity index (χ0) is 15.5. The monoisotopic (exact) mass is 299 g/mol. The van der Waals surface area contributed by atoms with Gasteiger partial charge in [0.1, 0.15) is 0 Å². The number of rotatable bonds is 3. The van der Waals surface area contributed by atoms with Crippen LogP contribution in [0.15, 0.2) is 30.3 Å². The number of carbonyl (C=O) groups is 1. The molecule has 2 aromatic rings. The highest BCUT2D eigenvalue weighted by Crippen LogP contribution is 2.19. The van der Waals surface area contributed by atoms with Crippen molar-refractivity contribution in [3.8, 4) is 0 Å². The minimum absolute atomic E-state index is 0.0362. The molecule has 6 nitrogen and oxygen atoms in total. The lowest BCUT2D eigenvalue weighted by Gasteiger charge is -2.32. The first-order valence-electron chi connectivity index (χ1n) is 7.49. The van der Waals surface area contributed by atoms with Crippen LogP contribution in [0.25, 0.3) is 10.9 Å². The maximum absolute atomic E-state index is 12.1. The van der Waals surface area contributed by atoms with Gasteiger partial charge in [0, 0.05) is 31.6 Å². The number of aromatic nitrogens is 1. The zero-order valence-corrected chi connectivity index (χ0v) is 12.7.